The zero-order chi connectivity index (χ0) is 24.3. The average Bonchev–Trinajstić information content (AvgIpc) is 2.85. The number of nitrogens with one attached hydrogen (secondary N) is 1. The van der Waals surface area contributed by atoms with Gasteiger partial charge in [0.25, 0.3) is 5.91 Å². The van der Waals surface area contributed by atoms with Gasteiger partial charge in [-0.05, 0) is 49.1 Å². The molecular formula is C29H34N2O3. The third-order valence-corrected chi connectivity index (χ3v) is 5.75. The molecule has 1 atom stereocenters. The first kappa shape index (κ1) is 25.0. The van der Waals surface area contributed by atoms with E-state index in [4.69, 9.17) is 4.74 Å². The van der Waals surface area contributed by atoms with Crippen LogP contribution < -0.4 is 10.1 Å². The number of ether oxygens (including phenoxy) is 1. The first-order valence-electron chi connectivity index (χ1n) is 11.9. The van der Waals surface area contributed by atoms with Gasteiger partial charge in [0.1, 0.15) is 11.8 Å². The van der Waals surface area contributed by atoms with E-state index in [1.165, 1.54) is 5.56 Å². The molecule has 3 aromatic carbocycles. The van der Waals surface area contributed by atoms with Crippen LogP contribution in [0.2, 0.25) is 0 Å². The van der Waals surface area contributed by atoms with Crippen molar-refractivity contribution < 1.29 is 14.3 Å². The molecule has 0 aliphatic carbocycles. The highest BCUT2D eigenvalue weighted by Gasteiger charge is 2.30. The van der Waals surface area contributed by atoms with Gasteiger partial charge in [0.2, 0.25) is 5.91 Å². The Labute approximate surface area is 202 Å². The summed E-state index contributed by atoms with van der Waals surface area (Å²) < 4.78 is 5.83. The highest BCUT2D eigenvalue weighted by atomic mass is 16.5. The number of rotatable bonds is 11. The van der Waals surface area contributed by atoms with Crippen LogP contribution in [0.1, 0.15) is 36.1 Å². The second-order valence-corrected chi connectivity index (χ2v) is 8.40. The summed E-state index contributed by atoms with van der Waals surface area (Å²) in [5.41, 5.74) is 4.29. The number of carbonyl (C=O) groups excluding carboxylic acids is 2. The van der Waals surface area contributed by atoms with Crippen molar-refractivity contribution >= 4 is 11.8 Å². The third-order valence-electron chi connectivity index (χ3n) is 5.75. The van der Waals surface area contributed by atoms with Crippen molar-refractivity contribution in [3.05, 3.63) is 101 Å². The molecule has 0 aliphatic rings. The van der Waals surface area contributed by atoms with Crippen LogP contribution in [0.3, 0.4) is 0 Å². The lowest BCUT2D eigenvalue weighted by Gasteiger charge is -2.31. The minimum Gasteiger partial charge on any atom is -0.484 e. The molecular weight excluding hydrogens is 424 g/mol. The largest absolute Gasteiger partial charge is 0.484 e. The smallest absolute Gasteiger partial charge is 0.261 e. The van der Waals surface area contributed by atoms with Gasteiger partial charge in [0.05, 0.1) is 0 Å². The number of nitrogens with zero attached hydrogens (tertiary/aromatic N) is 1. The fourth-order valence-electron chi connectivity index (χ4n) is 3.90. The standard InChI is InChI=1S/C29H34N2O3/c1-4-23-14-16-26(17-15-23)34-21-28(32)31(20-25-13-9-10-22(3)18-25)27(29(33)30-5-2)19-24-11-7-6-8-12-24/h6-18,27H,4-5,19-21H2,1-3H3,(H,30,33)/t27-/m1/s1. The van der Waals surface area contributed by atoms with Gasteiger partial charge in [-0.1, -0.05) is 79.2 Å². The quantitative estimate of drug-likeness (QED) is 0.453. The number of aryl methyl sites for hydroxylation is 2. The summed E-state index contributed by atoms with van der Waals surface area (Å²) in [5, 5.41) is 2.91. The van der Waals surface area contributed by atoms with Gasteiger partial charge in [-0.2, -0.15) is 0 Å². The Kier molecular flexibility index (Phi) is 9.27. The van der Waals surface area contributed by atoms with Gasteiger partial charge < -0.3 is 15.0 Å². The first-order chi connectivity index (χ1) is 16.5. The van der Waals surface area contributed by atoms with Gasteiger partial charge in [-0.25, -0.2) is 0 Å². The predicted octanol–water partition coefficient (Wildman–Crippen LogP) is 4.71. The number of benzene rings is 3. The van der Waals surface area contributed by atoms with Crippen molar-refractivity contribution in [2.24, 2.45) is 0 Å². The van der Waals surface area contributed by atoms with Crippen LogP contribution in [-0.2, 0) is 29.0 Å². The van der Waals surface area contributed by atoms with Gasteiger partial charge in [-0.3, -0.25) is 9.59 Å². The van der Waals surface area contributed by atoms with Crippen LogP contribution >= 0.6 is 0 Å². The molecule has 0 heterocycles. The Bertz CT molecular complexity index is 1060. The number of hydrogen-bond donors (Lipinski definition) is 1. The minimum absolute atomic E-state index is 0.137. The number of hydrogen-bond acceptors (Lipinski definition) is 3. The van der Waals surface area contributed by atoms with Crippen LogP contribution in [0.15, 0.2) is 78.9 Å². The van der Waals surface area contributed by atoms with E-state index >= 15 is 0 Å². The van der Waals surface area contributed by atoms with Crippen molar-refractivity contribution in [3.63, 3.8) is 0 Å². The Morgan fingerprint density at radius 3 is 2.24 bits per heavy atom. The first-order valence-corrected chi connectivity index (χ1v) is 11.9. The van der Waals surface area contributed by atoms with Crippen LogP contribution in [0, 0.1) is 6.92 Å². The van der Waals surface area contributed by atoms with Gasteiger partial charge in [0, 0.05) is 19.5 Å². The van der Waals surface area contributed by atoms with Crippen molar-refractivity contribution in [3.8, 4) is 5.75 Å². The monoisotopic (exact) mass is 458 g/mol. The SMILES string of the molecule is CCNC(=O)[C@@H](Cc1ccccc1)N(Cc1cccc(C)c1)C(=O)COc1ccc(CC)cc1. The molecule has 2 amide bonds. The molecule has 0 bridgehead atoms. The molecule has 3 aromatic rings. The fourth-order valence-corrected chi connectivity index (χ4v) is 3.90. The lowest BCUT2D eigenvalue weighted by atomic mass is 10.0. The molecule has 0 spiro atoms. The maximum Gasteiger partial charge on any atom is 0.261 e. The van der Waals surface area contributed by atoms with E-state index in [-0.39, 0.29) is 18.4 Å². The number of amides is 2. The molecule has 34 heavy (non-hydrogen) atoms. The third kappa shape index (κ3) is 7.20. The van der Waals surface area contributed by atoms with E-state index < -0.39 is 6.04 Å². The Morgan fingerprint density at radius 1 is 0.882 bits per heavy atom. The van der Waals surface area contributed by atoms with Crippen LogP contribution in [-0.4, -0.2) is 35.9 Å². The second kappa shape index (κ2) is 12.6. The predicted molar refractivity (Wildman–Crippen MR) is 136 cm³/mol. The highest BCUT2D eigenvalue weighted by molar-refractivity contribution is 5.88. The topological polar surface area (TPSA) is 58.6 Å². The minimum atomic E-state index is -0.651. The Balaban J connectivity index is 1.86. The summed E-state index contributed by atoms with van der Waals surface area (Å²) in [5.74, 6) is 0.242. The molecule has 5 heteroatoms. The summed E-state index contributed by atoms with van der Waals surface area (Å²) in [4.78, 5) is 28.3. The van der Waals surface area contributed by atoms with E-state index in [1.807, 2.05) is 92.7 Å². The maximum atomic E-state index is 13.5. The van der Waals surface area contributed by atoms with E-state index in [1.54, 1.807) is 4.90 Å². The summed E-state index contributed by atoms with van der Waals surface area (Å²) in [6, 6.07) is 24.9. The molecule has 0 saturated carbocycles. The van der Waals surface area contributed by atoms with Gasteiger partial charge in [0.15, 0.2) is 6.61 Å². The van der Waals surface area contributed by atoms with Gasteiger partial charge >= 0.3 is 0 Å². The molecule has 1 N–H and O–H groups in total. The van der Waals surface area contributed by atoms with E-state index in [9.17, 15) is 9.59 Å². The zero-order valence-corrected chi connectivity index (χ0v) is 20.3. The molecule has 3 rings (SSSR count). The molecule has 5 nitrogen and oxygen atoms in total. The molecule has 0 unspecified atom stereocenters. The zero-order valence-electron chi connectivity index (χ0n) is 20.3. The summed E-state index contributed by atoms with van der Waals surface area (Å²) in [6.45, 7) is 6.68. The van der Waals surface area contributed by atoms with Gasteiger partial charge in [-0.15, -0.1) is 0 Å². The normalized spacial score (nSPS) is 11.5. The van der Waals surface area contributed by atoms with Crippen LogP contribution in [0.5, 0.6) is 5.75 Å². The molecule has 0 aromatic heterocycles. The lowest BCUT2D eigenvalue weighted by molar-refractivity contribution is -0.142. The summed E-state index contributed by atoms with van der Waals surface area (Å²) in [6.07, 6.45) is 1.37. The van der Waals surface area contributed by atoms with Crippen molar-refractivity contribution in [1.29, 1.82) is 0 Å². The molecule has 0 aliphatic heterocycles. The van der Waals surface area contributed by atoms with E-state index in [0.717, 1.165) is 23.1 Å². The van der Waals surface area contributed by atoms with Crippen molar-refractivity contribution in [2.45, 2.75) is 46.2 Å². The van der Waals surface area contributed by atoms with E-state index in [0.29, 0.717) is 25.3 Å². The van der Waals surface area contributed by atoms with Crippen molar-refractivity contribution in [2.75, 3.05) is 13.2 Å². The van der Waals surface area contributed by atoms with Crippen LogP contribution in [0.25, 0.3) is 0 Å². The number of likely N-dealkylation sites (N-methyl/N-ethyl adjacent to an activating group) is 1. The Morgan fingerprint density at radius 2 is 1.59 bits per heavy atom. The van der Waals surface area contributed by atoms with Crippen LogP contribution in [0.4, 0.5) is 0 Å². The molecule has 178 valence electrons. The fraction of sp³-hybridized carbons (Fsp3) is 0.310. The van der Waals surface area contributed by atoms with Crippen molar-refractivity contribution in [1.82, 2.24) is 10.2 Å². The lowest BCUT2D eigenvalue weighted by Crippen LogP contribution is -2.51. The Hall–Kier alpha value is -3.60. The highest BCUT2D eigenvalue weighted by Crippen LogP contribution is 2.17. The average molecular weight is 459 g/mol. The molecule has 0 saturated heterocycles. The second-order valence-electron chi connectivity index (χ2n) is 8.40. The number of carbonyl (C=O) groups is 2. The molecule has 0 fully saturated rings. The maximum absolute atomic E-state index is 13.5. The summed E-state index contributed by atoms with van der Waals surface area (Å²) in [7, 11) is 0. The summed E-state index contributed by atoms with van der Waals surface area (Å²) >= 11 is 0. The van der Waals surface area contributed by atoms with E-state index in [2.05, 4.69) is 12.2 Å². The molecule has 0 radical (unpaired) electrons.